The van der Waals surface area contributed by atoms with Crippen LogP contribution in [0.15, 0.2) is 18.2 Å². The number of halogens is 1. The van der Waals surface area contributed by atoms with Crippen molar-refractivity contribution in [2.75, 3.05) is 30.8 Å². The van der Waals surface area contributed by atoms with Crippen LogP contribution in [0.25, 0.3) is 0 Å². The average Bonchev–Trinajstić information content (AvgIpc) is 2.32. The number of hydrogen-bond acceptors (Lipinski definition) is 3. The fourth-order valence-corrected chi connectivity index (χ4v) is 1.89. The third-order valence-electron chi connectivity index (χ3n) is 2.94. The van der Waals surface area contributed by atoms with Crippen molar-refractivity contribution in [3.8, 4) is 0 Å². The van der Waals surface area contributed by atoms with Gasteiger partial charge in [-0.15, -0.1) is 0 Å². The molecule has 0 amide bonds. The minimum atomic E-state index is -0.260. The van der Waals surface area contributed by atoms with E-state index in [0.29, 0.717) is 17.3 Å². The van der Waals surface area contributed by atoms with Crippen molar-refractivity contribution >= 4 is 11.4 Å². The molecule has 1 aromatic rings. The number of hydrogen-bond donors (Lipinski definition) is 2. The van der Waals surface area contributed by atoms with E-state index in [9.17, 15) is 4.39 Å². The average molecular weight is 224 g/mol. The first-order valence-corrected chi connectivity index (χ1v) is 5.62. The SMILES string of the molecule is Nc1ccc(F)cc1NCC1CCOCC1. The molecule has 0 bridgehead atoms. The molecule has 3 N–H and O–H groups in total. The Morgan fingerprint density at radius 1 is 1.38 bits per heavy atom. The highest BCUT2D eigenvalue weighted by Gasteiger charge is 2.13. The van der Waals surface area contributed by atoms with Gasteiger partial charge in [0.2, 0.25) is 0 Å². The first-order chi connectivity index (χ1) is 7.75. The summed E-state index contributed by atoms with van der Waals surface area (Å²) in [5.74, 6) is 0.333. The van der Waals surface area contributed by atoms with Crippen molar-refractivity contribution in [2.45, 2.75) is 12.8 Å². The molecule has 0 spiro atoms. The Hall–Kier alpha value is -1.29. The zero-order valence-electron chi connectivity index (χ0n) is 9.21. The Balaban J connectivity index is 1.90. The summed E-state index contributed by atoms with van der Waals surface area (Å²) in [6, 6.07) is 4.39. The fourth-order valence-electron chi connectivity index (χ4n) is 1.89. The monoisotopic (exact) mass is 224 g/mol. The van der Waals surface area contributed by atoms with Crippen molar-refractivity contribution in [3.63, 3.8) is 0 Å². The van der Waals surface area contributed by atoms with Gasteiger partial charge < -0.3 is 15.8 Å². The lowest BCUT2D eigenvalue weighted by Gasteiger charge is -2.23. The molecule has 1 fully saturated rings. The summed E-state index contributed by atoms with van der Waals surface area (Å²) < 4.78 is 18.3. The Morgan fingerprint density at radius 3 is 2.88 bits per heavy atom. The molecule has 3 nitrogen and oxygen atoms in total. The minimum Gasteiger partial charge on any atom is -0.397 e. The van der Waals surface area contributed by atoms with Crippen molar-refractivity contribution in [1.29, 1.82) is 0 Å². The molecule has 1 aromatic carbocycles. The lowest BCUT2D eigenvalue weighted by Crippen LogP contribution is -2.22. The minimum absolute atomic E-state index is 0.260. The van der Waals surface area contributed by atoms with Gasteiger partial charge in [0, 0.05) is 19.8 Å². The van der Waals surface area contributed by atoms with Crippen molar-refractivity contribution in [3.05, 3.63) is 24.0 Å². The van der Waals surface area contributed by atoms with Crippen LogP contribution in [0.5, 0.6) is 0 Å². The highest BCUT2D eigenvalue weighted by atomic mass is 19.1. The standard InChI is InChI=1S/C12H17FN2O/c13-10-1-2-11(14)12(7-10)15-8-9-3-5-16-6-4-9/h1-2,7,9,15H,3-6,8,14H2. The van der Waals surface area contributed by atoms with E-state index in [2.05, 4.69) is 5.32 Å². The number of nitrogens with one attached hydrogen (secondary N) is 1. The number of nitrogen functional groups attached to an aromatic ring is 1. The first-order valence-electron chi connectivity index (χ1n) is 5.62. The molecule has 1 heterocycles. The van der Waals surface area contributed by atoms with Gasteiger partial charge in [-0.25, -0.2) is 4.39 Å². The molecular formula is C12H17FN2O. The van der Waals surface area contributed by atoms with Crippen molar-refractivity contribution in [1.82, 2.24) is 0 Å². The molecule has 4 heteroatoms. The number of rotatable bonds is 3. The summed E-state index contributed by atoms with van der Waals surface area (Å²) in [5.41, 5.74) is 7.03. The van der Waals surface area contributed by atoms with Gasteiger partial charge in [-0.1, -0.05) is 0 Å². The largest absolute Gasteiger partial charge is 0.397 e. The third-order valence-corrected chi connectivity index (χ3v) is 2.94. The zero-order valence-corrected chi connectivity index (χ0v) is 9.21. The molecule has 0 aromatic heterocycles. The maximum atomic E-state index is 13.0. The second kappa shape index (κ2) is 5.16. The Kier molecular flexibility index (Phi) is 3.62. The van der Waals surface area contributed by atoms with Gasteiger partial charge in [0.05, 0.1) is 11.4 Å². The maximum Gasteiger partial charge on any atom is 0.125 e. The number of ether oxygens (including phenoxy) is 1. The van der Waals surface area contributed by atoms with Crippen LogP contribution in [0.1, 0.15) is 12.8 Å². The third kappa shape index (κ3) is 2.85. The smallest absolute Gasteiger partial charge is 0.125 e. The molecule has 1 aliphatic rings. The van der Waals surface area contributed by atoms with Gasteiger partial charge in [0.25, 0.3) is 0 Å². The molecule has 0 unspecified atom stereocenters. The van der Waals surface area contributed by atoms with Crippen LogP contribution in [0, 0.1) is 11.7 Å². The number of anilines is 2. The van der Waals surface area contributed by atoms with Gasteiger partial charge in [-0.2, -0.15) is 0 Å². The normalized spacial score (nSPS) is 17.3. The van der Waals surface area contributed by atoms with Gasteiger partial charge in [0.1, 0.15) is 5.82 Å². The van der Waals surface area contributed by atoms with Crippen LogP contribution >= 0.6 is 0 Å². The van der Waals surface area contributed by atoms with Gasteiger partial charge in [-0.05, 0) is 37.0 Å². The molecule has 1 aliphatic heterocycles. The lowest BCUT2D eigenvalue weighted by atomic mass is 10.0. The van der Waals surface area contributed by atoms with E-state index in [4.69, 9.17) is 10.5 Å². The molecule has 0 radical (unpaired) electrons. The highest BCUT2D eigenvalue weighted by Crippen LogP contribution is 2.21. The molecule has 0 saturated carbocycles. The predicted octanol–water partition coefficient (Wildman–Crippen LogP) is 2.25. The van der Waals surface area contributed by atoms with E-state index >= 15 is 0 Å². The van der Waals surface area contributed by atoms with Crippen LogP contribution < -0.4 is 11.1 Å². The Bertz CT molecular complexity index is 351. The summed E-state index contributed by atoms with van der Waals surface area (Å²) in [6.45, 7) is 2.48. The van der Waals surface area contributed by atoms with E-state index in [-0.39, 0.29) is 5.82 Å². The molecule has 88 valence electrons. The van der Waals surface area contributed by atoms with Crippen LogP contribution in [-0.2, 0) is 4.74 Å². The highest BCUT2D eigenvalue weighted by molar-refractivity contribution is 5.65. The second-order valence-electron chi connectivity index (χ2n) is 4.17. The van der Waals surface area contributed by atoms with Crippen LogP contribution in [-0.4, -0.2) is 19.8 Å². The van der Waals surface area contributed by atoms with Gasteiger partial charge >= 0.3 is 0 Å². The summed E-state index contributed by atoms with van der Waals surface area (Å²) in [4.78, 5) is 0. The summed E-state index contributed by atoms with van der Waals surface area (Å²) >= 11 is 0. The van der Waals surface area contributed by atoms with E-state index < -0.39 is 0 Å². The maximum absolute atomic E-state index is 13.0. The molecule has 16 heavy (non-hydrogen) atoms. The van der Waals surface area contributed by atoms with Crippen LogP contribution in [0.2, 0.25) is 0 Å². The van der Waals surface area contributed by atoms with E-state index in [1.54, 1.807) is 6.07 Å². The Labute approximate surface area is 94.8 Å². The quantitative estimate of drug-likeness (QED) is 0.774. The van der Waals surface area contributed by atoms with E-state index in [1.807, 2.05) is 0 Å². The topological polar surface area (TPSA) is 47.3 Å². The number of benzene rings is 1. The van der Waals surface area contributed by atoms with Crippen molar-refractivity contribution < 1.29 is 9.13 Å². The second-order valence-corrected chi connectivity index (χ2v) is 4.17. The molecule has 0 aliphatic carbocycles. The molecule has 2 rings (SSSR count). The molecule has 0 atom stereocenters. The lowest BCUT2D eigenvalue weighted by molar-refractivity contribution is 0.0699. The molecular weight excluding hydrogens is 207 g/mol. The molecule has 1 saturated heterocycles. The van der Waals surface area contributed by atoms with Crippen LogP contribution in [0.3, 0.4) is 0 Å². The summed E-state index contributed by atoms with van der Waals surface area (Å²) in [7, 11) is 0. The van der Waals surface area contributed by atoms with E-state index in [1.165, 1.54) is 12.1 Å². The zero-order chi connectivity index (χ0) is 11.4. The van der Waals surface area contributed by atoms with Crippen LogP contribution in [0.4, 0.5) is 15.8 Å². The van der Waals surface area contributed by atoms with Gasteiger partial charge in [0.15, 0.2) is 0 Å². The summed E-state index contributed by atoms with van der Waals surface area (Å²) in [5, 5.41) is 3.20. The van der Waals surface area contributed by atoms with Crippen molar-refractivity contribution in [2.24, 2.45) is 5.92 Å². The van der Waals surface area contributed by atoms with E-state index in [0.717, 1.165) is 32.6 Å². The fraction of sp³-hybridized carbons (Fsp3) is 0.500. The first kappa shape index (κ1) is 11.2. The Morgan fingerprint density at radius 2 is 2.12 bits per heavy atom. The van der Waals surface area contributed by atoms with Gasteiger partial charge in [-0.3, -0.25) is 0 Å². The summed E-state index contributed by atoms with van der Waals surface area (Å²) in [6.07, 6.45) is 2.12. The number of nitrogens with two attached hydrogens (primary N) is 1. The predicted molar refractivity (Wildman–Crippen MR) is 62.8 cm³/mol.